The molecule has 0 radical (unpaired) electrons. The first kappa shape index (κ1) is 27.8. The van der Waals surface area contributed by atoms with Gasteiger partial charge >= 0.3 is 5.97 Å². The summed E-state index contributed by atoms with van der Waals surface area (Å²) in [5.41, 5.74) is 5.05. The van der Waals surface area contributed by atoms with Crippen LogP contribution in [0.2, 0.25) is 0 Å². The highest BCUT2D eigenvalue weighted by molar-refractivity contribution is 6.32. The Bertz CT molecular complexity index is 1190. The second kappa shape index (κ2) is 11.7. The number of carbonyl (C=O) groups excluding carboxylic acids is 3. The van der Waals surface area contributed by atoms with E-state index in [4.69, 9.17) is 15.2 Å². The fraction of sp³-hybridized carbons (Fsp3) is 0.500. The van der Waals surface area contributed by atoms with Crippen LogP contribution in [0.3, 0.4) is 0 Å². The summed E-state index contributed by atoms with van der Waals surface area (Å²) in [4.78, 5) is 40.9. The van der Waals surface area contributed by atoms with Crippen LogP contribution in [0.4, 0.5) is 0 Å². The Morgan fingerprint density at radius 2 is 2.00 bits per heavy atom. The topological polar surface area (TPSA) is 123 Å². The molecule has 8 nitrogen and oxygen atoms in total. The molecule has 0 unspecified atom stereocenters. The molecule has 1 aliphatic carbocycles. The number of hydrogen-bond acceptors (Lipinski definition) is 8. The number of fused-ring (bicyclic) bond motifs is 2. The second-order valence-corrected chi connectivity index (χ2v) is 10.5. The van der Waals surface area contributed by atoms with E-state index in [2.05, 4.69) is 23.6 Å². The van der Waals surface area contributed by atoms with Crippen molar-refractivity contribution in [1.82, 2.24) is 10.6 Å². The molecule has 204 valence electrons. The highest BCUT2D eigenvalue weighted by Gasteiger charge is 2.85. The van der Waals surface area contributed by atoms with Crippen molar-refractivity contribution in [2.45, 2.75) is 63.6 Å². The van der Waals surface area contributed by atoms with Crippen LogP contribution < -0.4 is 16.4 Å². The summed E-state index contributed by atoms with van der Waals surface area (Å²) in [6.45, 7) is 5.65. The summed E-state index contributed by atoms with van der Waals surface area (Å²) in [6.07, 6.45) is 10.6. The van der Waals surface area contributed by atoms with Gasteiger partial charge in [-0.25, -0.2) is 4.79 Å². The standard InChI is InChI=1S/C30H39N3O5/c1-4-5-8-22(18-32-3)19-37-28(36)30-27(35)24-10-7-6-9-23(24)26(34)29(30,38-30)15-13-20(2)11-12-21-14-16-33-25(31)17-21/h6-7,9-10,13-14,17,22,32-33H,4-5,8,11-12,15-16,18-19,31H2,1-3H3/b20-13+/t22-,29+,30+/m1/s1. The van der Waals surface area contributed by atoms with Crippen LogP contribution in [0, 0.1) is 5.92 Å². The Hall–Kier alpha value is -3.23. The van der Waals surface area contributed by atoms with Crippen LogP contribution >= 0.6 is 0 Å². The molecule has 0 amide bonds. The SMILES string of the molecule is CCCC[C@H](CNC)COC(=O)[C@]12O[C@@]1(C/C=C(\C)CCC1=CCNC(N)=C1)C(=O)c1ccccc1C2=O. The lowest BCUT2D eigenvalue weighted by Crippen LogP contribution is -2.50. The van der Waals surface area contributed by atoms with Crippen LogP contribution in [0.1, 0.15) is 73.1 Å². The van der Waals surface area contributed by atoms with Crippen LogP contribution in [0.15, 0.2) is 59.5 Å². The summed E-state index contributed by atoms with van der Waals surface area (Å²) in [6, 6.07) is 6.61. The molecule has 2 aliphatic heterocycles. The van der Waals surface area contributed by atoms with Crippen molar-refractivity contribution in [3.63, 3.8) is 0 Å². The smallest absolute Gasteiger partial charge is 0.350 e. The van der Waals surface area contributed by atoms with Gasteiger partial charge in [-0.15, -0.1) is 0 Å². The largest absolute Gasteiger partial charge is 0.463 e. The Balaban J connectivity index is 1.54. The number of allylic oxidation sites excluding steroid dienone is 3. The monoisotopic (exact) mass is 521 g/mol. The predicted octanol–water partition coefficient (Wildman–Crippen LogP) is 3.59. The average Bonchev–Trinajstić information content (AvgIpc) is 3.63. The van der Waals surface area contributed by atoms with Gasteiger partial charge in [0.2, 0.25) is 5.78 Å². The van der Waals surface area contributed by atoms with E-state index < -0.39 is 23.0 Å². The van der Waals surface area contributed by atoms with E-state index in [1.165, 1.54) is 0 Å². The van der Waals surface area contributed by atoms with Gasteiger partial charge in [-0.05, 0) is 44.9 Å². The number of rotatable bonds is 13. The number of dihydropyridines is 1. The van der Waals surface area contributed by atoms with Crippen molar-refractivity contribution < 1.29 is 23.9 Å². The van der Waals surface area contributed by atoms with E-state index in [0.29, 0.717) is 24.5 Å². The zero-order valence-corrected chi connectivity index (χ0v) is 22.6. The summed E-state index contributed by atoms with van der Waals surface area (Å²) in [5.74, 6) is -0.848. The number of Topliss-reactive ketones (excluding diaryl/α,β-unsaturated/α-hetero) is 2. The molecule has 0 aromatic heterocycles. The lowest BCUT2D eigenvalue weighted by molar-refractivity contribution is -0.149. The third-order valence-corrected chi connectivity index (χ3v) is 7.71. The highest BCUT2D eigenvalue weighted by Crippen LogP contribution is 2.58. The number of ketones is 2. The third kappa shape index (κ3) is 5.20. The average molecular weight is 522 g/mol. The van der Waals surface area contributed by atoms with Crippen molar-refractivity contribution in [2.24, 2.45) is 11.7 Å². The van der Waals surface area contributed by atoms with E-state index in [1.54, 1.807) is 24.3 Å². The number of carbonyl (C=O) groups is 3. The van der Waals surface area contributed by atoms with Gasteiger partial charge in [0.05, 0.1) is 12.4 Å². The van der Waals surface area contributed by atoms with Gasteiger partial charge < -0.3 is 25.8 Å². The number of ether oxygens (including phenoxy) is 2. The van der Waals surface area contributed by atoms with Gasteiger partial charge in [0.1, 0.15) is 0 Å². The van der Waals surface area contributed by atoms with Crippen molar-refractivity contribution in [1.29, 1.82) is 0 Å². The maximum absolute atomic E-state index is 13.7. The summed E-state index contributed by atoms with van der Waals surface area (Å²) >= 11 is 0. The van der Waals surface area contributed by atoms with Crippen molar-refractivity contribution in [2.75, 3.05) is 26.7 Å². The molecule has 38 heavy (non-hydrogen) atoms. The van der Waals surface area contributed by atoms with E-state index in [9.17, 15) is 14.4 Å². The molecule has 0 bridgehead atoms. The number of unbranched alkanes of at least 4 members (excludes halogenated alkanes) is 1. The quantitative estimate of drug-likeness (QED) is 0.156. The van der Waals surface area contributed by atoms with E-state index >= 15 is 0 Å². The number of hydrogen-bond donors (Lipinski definition) is 3. The first-order chi connectivity index (χ1) is 18.3. The lowest BCUT2D eigenvalue weighted by atomic mass is 9.72. The minimum absolute atomic E-state index is 0.115. The molecular weight excluding hydrogens is 482 g/mol. The van der Waals surface area contributed by atoms with Gasteiger partial charge in [-0.3, -0.25) is 9.59 Å². The van der Waals surface area contributed by atoms with Crippen LogP contribution in [-0.4, -0.2) is 55.5 Å². The zero-order valence-electron chi connectivity index (χ0n) is 22.6. The lowest BCUT2D eigenvalue weighted by Gasteiger charge is -2.24. The summed E-state index contributed by atoms with van der Waals surface area (Å²) < 4.78 is 11.7. The number of nitrogens with one attached hydrogen (secondary N) is 2. The Morgan fingerprint density at radius 3 is 2.68 bits per heavy atom. The predicted molar refractivity (Wildman–Crippen MR) is 146 cm³/mol. The van der Waals surface area contributed by atoms with Gasteiger partial charge in [0, 0.05) is 36.6 Å². The molecule has 8 heteroatoms. The second-order valence-electron chi connectivity index (χ2n) is 10.5. The van der Waals surface area contributed by atoms with Crippen molar-refractivity contribution >= 4 is 17.5 Å². The minimum atomic E-state index is -1.93. The molecule has 4 rings (SSSR count). The van der Waals surface area contributed by atoms with Crippen molar-refractivity contribution in [3.05, 3.63) is 70.6 Å². The normalized spacial score (nSPS) is 25.0. The minimum Gasteiger partial charge on any atom is -0.463 e. The first-order valence-corrected chi connectivity index (χ1v) is 13.6. The van der Waals surface area contributed by atoms with E-state index in [-0.39, 0.29) is 30.3 Å². The number of esters is 1. The maximum Gasteiger partial charge on any atom is 0.350 e. The number of nitrogens with two attached hydrogens (primary N) is 1. The molecule has 1 aromatic rings. The molecule has 0 saturated carbocycles. The van der Waals surface area contributed by atoms with Gasteiger partial charge in [-0.2, -0.15) is 0 Å². The van der Waals surface area contributed by atoms with Crippen LogP contribution in [0.25, 0.3) is 0 Å². The fourth-order valence-electron chi connectivity index (χ4n) is 5.40. The molecule has 4 N–H and O–H groups in total. The maximum atomic E-state index is 13.7. The fourth-order valence-corrected chi connectivity index (χ4v) is 5.40. The Morgan fingerprint density at radius 1 is 1.26 bits per heavy atom. The van der Waals surface area contributed by atoms with Crippen LogP contribution in [0.5, 0.6) is 0 Å². The zero-order chi connectivity index (χ0) is 27.3. The van der Waals surface area contributed by atoms with Gasteiger partial charge in [-0.1, -0.05) is 61.8 Å². The number of epoxide rings is 1. The van der Waals surface area contributed by atoms with E-state index in [0.717, 1.165) is 43.3 Å². The van der Waals surface area contributed by atoms with E-state index in [1.807, 2.05) is 26.1 Å². The molecule has 1 aromatic carbocycles. The molecule has 3 aliphatic rings. The molecule has 1 saturated heterocycles. The molecule has 1 fully saturated rings. The molecule has 3 atom stereocenters. The van der Waals surface area contributed by atoms with Crippen LogP contribution in [-0.2, 0) is 14.3 Å². The summed E-state index contributed by atoms with van der Waals surface area (Å²) in [7, 11) is 1.86. The number of benzene rings is 1. The Labute approximate surface area is 224 Å². The molecular formula is C30H39N3O5. The van der Waals surface area contributed by atoms with Gasteiger partial charge in [0.25, 0.3) is 5.60 Å². The first-order valence-electron chi connectivity index (χ1n) is 13.6. The summed E-state index contributed by atoms with van der Waals surface area (Å²) in [5, 5.41) is 6.20. The highest BCUT2D eigenvalue weighted by atomic mass is 16.7. The third-order valence-electron chi connectivity index (χ3n) is 7.71. The van der Waals surface area contributed by atoms with Crippen molar-refractivity contribution in [3.8, 4) is 0 Å². The molecule has 0 spiro atoms. The molecule has 2 heterocycles. The Kier molecular flexibility index (Phi) is 8.53. The van der Waals surface area contributed by atoms with Gasteiger partial charge in [0.15, 0.2) is 11.4 Å².